The van der Waals surface area contributed by atoms with Crippen molar-refractivity contribution in [3.05, 3.63) is 100 Å². The highest BCUT2D eigenvalue weighted by molar-refractivity contribution is 5.66. The first-order valence-corrected chi connectivity index (χ1v) is 16.5. The molecule has 2 aliphatic carbocycles. The molecule has 2 aliphatic rings. The molecule has 0 bridgehead atoms. The molecular weight excluding hydrogens is 602 g/mol. The van der Waals surface area contributed by atoms with Crippen LogP contribution in [0.4, 0.5) is 26.3 Å². The van der Waals surface area contributed by atoms with Gasteiger partial charge in [-0.25, -0.2) is 22.0 Å². The number of hydrogen-bond donors (Lipinski definition) is 0. The van der Waals surface area contributed by atoms with E-state index in [1.807, 2.05) is 19.1 Å². The Morgan fingerprint density at radius 1 is 0.652 bits per heavy atom. The second-order valence-corrected chi connectivity index (χ2v) is 12.6. The fourth-order valence-electron chi connectivity index (χ4n) is 7.27. The third-order valence-corrected chi connectivity index (χ3v) is 9.88. The molecule has 0 atom stereocenters. The predicted octanol–water partition coefficient (Wildman–Crippen LogP) is 11.1. The third kappa shape index (κ3) is 7.48. The van der Waals surface area contributed by atoms with Gasteiger partial charge in [0.05, 0.1) is 19.3 Å². The summed E-state index contributed by atoms with van der Waals surface area (Å²) in [5.41, 5.74) is -0.00481. The second-order valence-electron chi connectivity index (χ2n) is 12.6. The van der Waals surface area contributed by atoms with Crippen molar-refractivity contribution in [3.63, 3.8) is 0 Å². The van der Waals surface area contributed by atoms with Crippen molar-refractivity contribution in [2.24, 2.45) is 11.8 Å². The van der Waals surface area contributed by atoms with Crippen molar-refractivity contribution in [1.29, 1.82) is 0 Å². The van der Waals surface area contributed by atoms with Gasteiger partial charge in [-0.2, -0.15) is 4.39 Å². The summed E-state index contributed by atoms with van der Waals surface area (Å²) >= 11 is 0. The minimum atomic E-state index is -1.23. The minimum absolute atomic E-state index is 0.00846. The van der Waals surface area contributed by atoms with Crippen LogP contribution < -0.4 is 4.74 Å². The first kappa shape index (κ1) is 34.1. The molecule has 0 aliphatic heterocycles. The fraction of sp³-hybridized carbons (Fsp3) is 0.474. The van der Waals surface area contributed by atoms with Crippen molar-refractivity contribution in [2.75, 3.05) is 6.61 Å². The molecule has 0 saturated heterocycles. The van der Waals surface area contributed by atoms with Gasteiger partial charge in [0.25, 0.3) is 0 Å². The summed E-state index contributed by atoms with van der Waals surface area (Å²) in [6, 6.07) is 8.52. The maximum absolute atomic E-state index is 15.1. The zero-order chi connectivity index (χ0) is 32.8. The molecule has 8 heteroatoms. The Bertz CT molecular complexity index is 1520. The molecule has 2 nitrogen and oxygen atoms in total. The molecule has 3 aromatic carbocycles. The van der Waals surface area contributed by atoms with Crippen LogP contribution in [0.1, 0.15) is 94.2 Å². The summed E-state index contributed by atoms with van der Waals surface area (Å²) in [5, 5.41) is 0. The van der Waals surface area contributed by atoms with Gasteiger partial charge < -0.3 is 9.47 Å². The number of aryl methyl sites for hydroxylation is 1. The van der Waals surface area contributed by atoms with Crippen LogP contribution in [0, 0.1) is 46.7 Å². The van der Waals surface area contributed by atoms with Gasteiger partial charge in [0.15, 0.2) is 34.8 Å². The molecular formula is C38H42F6O2. The zero-order valence-electron chi connectivity index (χ0n) is 26.5. The lowest BCUT2D eigenvalue weighted by molar-refractivity contribution is -0.00322. The van der Waals surface area contributed by atoms with Crippen LogP contribution in [0.5, 0.6) is 5.75 Å². The maximum atomic E-state index is 15.1. The van der Waals surface area contributed by atoms with E-state index >= 15 is 8.78 Å². The molecule has 0 heterocycles. The van der Waals surface area contributed by atoms with Crippen molar-refractivity contribution in [1.82, 2.24) is 0 Å². The first-order valence-electron chi connectivity index (χ1n) is 16.5. The molecule has 248 valence electrons. The van der Waals surface area contributed by atoms with Crippen molar-refractivity contribution in [2.45, 2.75) is 96.7 Å². The van der Waals surface area contributed by atoms with E-state index in [1.165, 1.54) is 30.3 Å². The lowest BCUT2D eigenvalue weighted by Gasteiger charge is -2.38. The van der Waals surface area contributed by atoms with E-state index in [4.69, 9.17) is 9.47 Å². The van der Waals surface area contributed by atoms with Gasteiger partial charge in [0.2, 0.25) is 5.82 Å². The molecule has 3 aromatic rings. The van der Waals surface area contributed by atoms with Gasteiger partial charge in [0, 0.05) is 16.7 Å². The summed E-state index contributed by atoms with van der Waals surface area (Å²) in [4.78, 5) is 0. The first-order chi connectivity index (χ1) is 22.2. The van der Waals surface area contributed by atoms with E-state index in [0.29, 0.717) is 30.2 Å². The molecule has 5 rings (SSSR count). The Kier molecular flexibility index (Phi) is 11.5. The second kappa shape index (κ2) is 15.6. The lowest BCUT2D eigenvalue weighted by Crippen LogP contribution is -2.28. The predicted molar refractivity (Wildman–Crippen MR) is 168 cm³/mol. The van der Waals surface area contributed by atoms with E-state index in [2.05, 4.69) is 0 Å². The minimum Gasteiger partial charge on any atom is -0.491 e. The summed E-state index contributed by atoms with van der Waals surface area (Å²) in [6.07, 6.45) is 11.5. The molecule has 0 amide bonds. The van der Waals surface area contributed by atoms with Crippen LogP contribution in [-0.4, -0.2) is 12.7 Å². The number of halogens is 6. The number of rotatable bonds is 11. The fourth-order valence-corrected chi connectivity index (χ4v) is 7.27. The van der Waals surface area contributed by atoms with Crippen LogP contribution in [0.15, 0.2) is 48.6 Å². The average Bonchev–Trinajstić information content (AvgIpc) is 3.07. The summed E-state index contributed by atoms with van der Waals surface area (Å²) < 4.78 is 99.9. The zero-order valence-corrected chi connectivity index (χ0v) is 26.5. The van der Waals surface area contributed by atoms with Gasteiger partial charge in [-0.05, 0) is 113 Å². The quantitative estimate of drug-likeness (QED) is 0.153. The molecule has 0 unspecified atom stereocenters. The number of ether oxygens (including phenoxy) is 2. The maximum Gasteiger partial charge on any atom is 0.200 e. The Morgan fingerprint density at radius 2 is 1.24 bits per heavy atom. The van der Waals surface area contributed by atoms with E-state index in [0.717, 1.165) is 51.4 Å². The lowest BCUT2D eigenvalue weighted by atomic mass is 9.69. The van der Waals surface area contributed by atoms with Crippen molar-refractivity contribution < 1.29 is 35.8 Å². The largest absolute Gasteiger partial charge is 0.491 e. The topological polar surface area (TPSA) is 18.5 Å². The molecule has 0 N–H and O–H groups in total. The highest BCUT2D eigenvalue weighted by atomic mass is 19.2. The van der Waals surface area contributed by atoms with Gasteiger partial charge in [-0.15, -0.1) is 0 Å². The highest BCUT2D eigenvalue weighted by Gasteiger charge is 2.33. The summed E-state index contributed by atoms with van der Waals surface area (Å²) in [5.74, 6) is -5.33. The Labute approximate surface area is 267 Å². The van der Waals surface area contributed by atoms with Crippen LogP contribution in [0.25, 0.3) is 11.1 Å². The standard InChI is InChI=1S/C38H42F6O2/c1-3-5-6-7-26-14-18-30(36(42)33(26)39)31-19-15-27(34(40)37(31)43)22-46-28-16-12-24(13-17-28)23-8-10-25(11-9-23)29-20-21-32(45-4-2)38(44)35(29)41/h3,5,14-15,18-21,23-25,28H,4,6-13,16-17,22H2,1-2H3. The average molecular weight is 645 g/mol. The van der Waals surface area contributed by atoms with Crippen molar-refractivity contribution >= 4 is 0 Å². The van der Waals surface area contributed by atoms with Crippen LogP contribution in [0.2, 0.25) is 0 Å². The molecule has 2 saturated carbocycles. The Balaban J connectivity index is 1.12. The number of allylic oxidation sites excluding steroid dienone is 2. The third-order valence-electron chi connectivity index (χ3n) is 9.88. The number of hydrogen-bond acceptors (Lipinski definition) is 2. The van der Waals surface area contributed by atoms with Crippen LogP contribution >= 0.6 is 0 Å². The van der Waals surface area contributed by atoms with E-state index < -0.39 is 34.9 Å². The van der Waals surface area contributed by atoms with E-state index in [1.54, 1.807) is 13.0 Å². The molecule has 46 heavy (non-hydrogen) atoms. The van der Waals surface area contributed by atoms with E-state index in [9.17, 15) is 17.6 Å². The van der Waals surface area contributed by atoms with Gasteiger partial charge in [-0.1, -0.05) is 42.5 Å². The van der Waals surface area contributed by atoms with Gasteiger partial charge >= 0.3 is 0 Å². The normalized spacial score (nSPS) is 22.0. The summed E-state index contributed by atoms with van der Waals surface area (Å²) in [7, 11) is 0. The van der Waals surface area contributed by atoms with Gasteiger partial charge in [0.1, 0.15) is 0 Å². The van der Waals surface area contributed by atoms with Crippen LogP contribution in [0.3, 0.4) is 0 Å². The Hall–Kier alpha value is -3.26. The Morgan fingerprint density at radius 3 is 1.85 bits per heavy atom. The molecule has 2 fully saturated rings. The monoisotopic (exact) mass is 644 g/mol. The van der Waals surface area contributed by atoms with Crippen LogP contribution in [-0.2, 0) is 17.8 Å². The number of benzene rings is 3. The SMILES string of the molecule is CC=CCCc1ccc(-c2ccc(COC3CCC(C4CCC(c5ccc(OCC)c(F)c5F)CC4)CC3)c(F)c2F)c(F)c1F. The molecule has 0 radical (unpaired) electrons. The molecule has 0 aromatic heterocycles. The van der Waals surface area contributed by atoms with Gasteiger partial charge in [-0.3, -0.25) is 0 Å². The van der Waals surface area contributed by atoms with E-state index in [-0.39, 0.29) is 53.2 Å². The molecule has 0 spiro atoms. The van der Waals surface area contributed by atoms with Crippen molar-refractivity contribution in [3.8, 4) is 16.9 Å². The highest BCUT2D eigenvalue weighted by Crippen LogP contribution is 2.44. The smallest absolute Gasteiger partial charge is 0.200 e. The summed E-state index contributed by atoms with van der Waals surface area (Å²) in [6.45, 7) is 3.73.